The van der Waals surface area contributed by atoms with Crippen LogP contribution >= 0.6 is 23.2 Å². The molecule has 1 N–H and O–H groups in total. The number of carbonyl (C=O) groups excluding carboxylic acids is 2. The van der Waals surface area contributed by atoms with Crippen LogP contribution in [0.1, 0.15) is 30.0 Å². The van der Waals surface area contributed by atoms with Crippen LogP contribution in [-0.2, 0) is 32.6 Å². The lowest BCUT2D eigenvalue weighted by Crippen LogP contribution is -2.53. The molecule has 1 atom stereocenters. The molecule has 9 nitrogen and oxygen atoms in total. The number of hydrogen-bond acceptors (Lipinski definition) is 6. The minimum absolute atomic E-state index is 0.115. The second-order valence-electron chi connectivity index (χ2n) is 11.1. The largest absolute Gasteiger partial charge is 0.493 e. The highest BCUT2D eigenvalue weighted by Crippen LogP contribution is 2.33. The maximum absolute atomic E-state index is 14.6. The Morgan fingerprint density at radius 2 is 1.50 bits per heavy atom. The van der Waals surface area contributed by atoms with Crippen LogP contribution in [0.4, 0.5) is 5.69 Å². The molecule has 0 bridgehead atoms. The van der Waals surface area contributed by atoms with Crippen LogP contribution in [-0.4, -0.2) is 58.5 Å². The molecule has 0 radical (unpaired) electrons. The zero-order valence-corrected chi connectivity index (χ0v) is 29.6. The van der Waals surface area contributed by atoms with Gasteiger partial charge < -0.3 is 19.7 Å². The third-order valence-electron chi connectivity index (χ3n) is 7.75. The van der Waals surface area contributed by atoms with Gasteiger partial charge in [0.05, 0.1) is 24.8 Å². The van der Waals surface area contributed by atoms with E-state index in [1.165, 1.54) is 37.3 Å². The van der Waals surface area contributed by atoms with Crippen LogP contribution in [0.15, 0.2) is 95.9 Å². The lowest BCUT2D eigenvalue weighted by Gasteiger charge is -2.34. The van der Waals surface area contributed by atoms with E-state index in [2.05, 4.69) is 5.32 Å². The van der Waals surface area contributed by atoms with Gasteiger partial charge in [-0.25, -0.2) is 8.42 Å². The Hall–Kier alpha value is -4.25. The molecular weight excluding hydrogens is 673 g/mol. The van der Waals surface area contributed by atoms with Crippen molar-refractivity contribution in [2.75, 3.05) is 31.6 Å². The number of benzene rings is 4. The minimum Gasteiger partial charge on any atom is -0.493 e. The maximum Gasteiger partial charge on any atom is 0.264 e. The quantitative estimate of drug-likeness (QED) is 0.148. The molecule has 4 aromatic carbocycles. The number of ether oxygens (including phenoxy) is 2. The SMILES string of the molecule is CCCNC(=O)[C@@H](Cc1ccccc1)N(Cc1c(Cl)cccc1Cl)C(=O)CN(c1ccc(C)cc1)S(=O)(=O)c1ccc(OC)c(OC)c1. The van der Waals surface area contributed by atoms with Gasteiger partial charge in [0.25, 0.3) is 10.0 Å². The number of sulfonamides is 1. The summed E-state index contributed by atoms with van der Waals surface area (Å²) >= 11 is 13.2. The van der Waals surface area contributed by atoms with Crippen LogP contribution in [0.25, 0.3) is 0 Å². The van der Waals surface area contributed by atoms with Gasteiger partial charge in [-0.2, -0.15) is 0 Å². The van der Waals surface area contributed by atoms with Crippen molar-refractivity contribution in [2.45, 2.75) is 44.2 Å². The monoisotopic (exact) mass is 711 g/mol. The molecule has 12 heteroatoms. The van der Waals surface area contributed by atoms with E-state index < -0.39 is 28.5 Å². The summed E-state index contributed by atoms with van der Waals surface area (Å²) in [5.41, 5.74) is 2.40. The van der Waals surface area contributed by atoms with Gasteiger partial charge in [0.15, 0.2) is 11.5 Å². The van der Waals surface area contributed by atoms with E-state index in [0.29, 0.717) is 34.3 Å². The summed E-state index contributed by atoms with van der Waals surface area (Å²) < 4.78 is 40.5. The fourth-order valence-electron chi connectivity index (χ4n) is 5.12. The van der Waals surface area contributed by atoms with Gasteiger partial charge in [-0.1, -0.05) is 84.2 Å². The first-order valence-corrected chi connectivity index (χ1v) is 17.5. The van der Waals surface area contributed by atoms with Gasteiger partial charge in [-0.05, 0) is 55.3 Å². The van der Waals surface area contributed by atoms with E-state index >= 15 is 0 Å². The number of amides is 2. The number of carbonyl (C=O) groups is 2. The number of hydrogen-bond donors (Lipinski definition) is 1. The Kier molecular flexibility index (Phi) is 12.7. The van der Waals surface area contributed by atoms with E-state index in [1.807, 2.05) is 44.2 Å². The lowest BCUT2D eigenvalue weighted by atomic mass is 10.0. The summed E-state index contributed by atoms with van der Waals surface area (Å²) in [4.78, 5) is 29.7. The zero-order valence-electron chi connectivity index (χ0n) is 27.3. The number of nitrogens with zero attached hydrogens (tertiary/aromatic N) is 2. The van der Waals surface area contributed by atoms with Crippen LogP contribution in [0.5, 0.6) is 11.5 Å². The summed E-state index contributed by atoms with van der Waals surface area (Å²) in [6.07, 6.45) is 0.843. The number of anilines is 1. The van der Waals surface area contributed by atoms with Crippen LogP contribution in [0, 0.1) is 6.92 Å². The van der Waals surface area contributed by atoms with Gasteiger partial charge >= 0.3 is 0 Å². The van der Waals surface area contributed by atoms with Crippen molar-refractivity contribution in [3.63, 3.8) is 0 Å². The molecule has 2 amide bonds. The Morgan fingerprint density at radius 3 is 2.10 bits per heavy atom. The molecule has 0 spiro atoms. The standard InChI is InChI=1S/C36H39Cl2N3O6S/c1-5-20-39-36(43)32(21-26-10-7-6-8-11-26)40(23-29-30(37)12-9-13-31(29)38)35(42)24-41(27-16-14-25(2)15-17-27)48(44,45)28-18-19-33(46-3)34(22-28)47-4/h6-19,22,32H,5,20-21,23-24H2,1-4H3,(H,39,43)/t32-/m1/s1. The molecule has 0 aliphatic rings. The van der Waals surface area contributed by atoms with E-state index in [4.69, 9.17) is 32.7 Å². The number of rotatable bonds is 15. The molecule has 0 saturated heterocycles. The first kappa shape index (κ1) is 36.6. The van der Waals surface area contributed by atoms with Crippen molar-refractivity contribution >= 4 is 50.7 Å². The molecule has 0 aromatic heterocycles. The van der Waals surface area contributed by atoms with E-state index in [9.17, 15) is 18.0 Å². The normalized spacial score (nSPS) is 11.8. The second kappa shape index (κ2) is 16.7. The number of halogens is 2. The summed E-state index contributed by atoms with van der Waals surface area (Å²) in [7, 11) is -1.51. The first-order chi connectivity index (χ1) is 23.0. The van der Waals surface area contributed by atoms with Gasteiger partial charge in [-0.15, -0.1) is 0 Å². The van der Waals surface area contributed by atoms with Crippen molar-refractivity contribution in [3.8, 4) is 11.5 Å². The number of aryl methyl sites for hydroxylation is 1. The smallest absolute Gasteiger partial charge is 0.264 e. The van der Waals surface area contributed by atoms with E-state index in [0.717, 1.165) is 15.4 Å². The molecule has 4 aromatic rings. The summed E-state index contributed by atoms with van der Waals surface area (Å²) in [5.74, 6) is -0.469. The highest BCUT2D eigenvalue weighted by molar-refractivity contribution is 7.92. The summed E-state index contributed by atoms with van der Waals surface area (Å²) in [6, 6.07) is 24.2. The molecule has 0 fully saturated rings. The summed E-state index contributed by atoms with van der Waals surface area (Å²) in [6.45, 7) is 3.42. The molecule has 0 heterocycles. The predicted octanol–water partition coefficient (Wildman–Crippen LogP) is 6.68. The minimum atomic E-state index is -4.36. The van der Waals surface area contributed by atoms with E-state index in [1.54, 1.807) is 42.5 Å². The van der Waals surface area contributed by atoms with Crippen LogP contribution in [0.2, 0.25) is 10.0 Å². The molecule has 48 heavy (non-hydrogen) atoms. The molecule has 0 unspecified atom stereocenters. The van der Waals surface area contributed by atoms with Gasteiger partial charge in [0, 0.05) is 41.2 Å². The average Bonchev–Trinajstić information content (AvgIpc) is 3.09. The topological polar surface area (TPSA) is 105 Å². The van der Waals surface area contributed by atoms with Crippen molar-refractivity contribution < 1.29 is 27.5 Å². The predicted molar refractivity (Wildman–Crippen MR) is 190 cm³/mol. The highest BCUT2D eigenvalue weighted by atomic mass is 35.5. The summed E-state index contributed by atoms with van der Waals surface area (Å²) in [5, 5.41) is 3.53. The first-order valence-electron chi connectivity index (χ1n) is 15.4. The Labute approximate surface area is 292 Å². The van der Waals surface area contributed by atoms with Crippen molar-refractivity contribution in [3.05, 3.63) is 118 Å². The molecular formula is C36H39Cl2N3O6S. The number of nitrogens with one attached hydrogen (secondary N) is 1. The number of methoxy groups -OCH3 is 2. The second-order valence-corrected chi connectivity index (χ2v) is 13.8. The van der Waals surface area contributed by atoms with Crippen LogP contribution < -0.4 is 19.1 Å². The maximum atomic E-state index is 14.6. The molecule has 254 valence electrons. The third-order valence-corrected chi connectivity index (χ3v) is 10.2. The van der Waals surface area contributed by atoms with Gasteiger partial charge in [0.2, 0.25) is 11.8 Å². The Morgan fingerprint density at radius 1 is 0.854 bits per heavy atom. The van der Waals surface area contributed by atoms with Crippen molar-refractivity contribution in [1.82, 2.24) is 10.2 Å². The van der Waals surface area contributed by atoms with Gasteiger partial charge in [0.1, 0.15) is 12.6 Å². The van der Waals surface area contributed by atoms with Crippen molar-refractivity contribution in [2.24, 2.45) is 0 Å². The highest BCUT2D eigenvalue weighted by Gasteiger charge is 2.35. The molecule has 0 saturated carbocycles. The molecule has 4 rings (SSSR count). The van der Waals surface area contributed by atoms with Gasteiger partial charge in [-0.3, -0.25) is 13.9 Å². The Balaban J connectivity index is 1.85. The zero-order chi connectivity index (χ0) is 34.8. The average molecular weight is 713 g/mol. The fraction of sp³-hybridized carbons (Fsp3) is 0.278. The van der Waals surface area contributed by atoms with Crippen molar-refractivity contribution in [1.29, 1.82) is 0 Å². The van der Waals surface area contributed by atoms with Crippen LogP contribution in [0.3, 0.4) is 0 Å². The molecule has 0 aliphatic carbocycles. The third kappa shape index (κ3) is 8.80. The molecule has 0 aliphatic heterocycles. The van der Waals surface area contributed by atoms with E-state index in [-0.39, 0.29) is 35.2 Å². The lowest BCUT2D eigenvalue weighted by molar-refractivity contribution is -0.140. The Bertz CT molecular complexity index is 1800. The fourth-order valence-corrected chi connectivity index (χ4v) is 7.06.